The summed E-state index contributed by atoms with van der Waals surface area (Å²) >= 11 is 0. The Labute approximate surface area is 102 Å². The average Bonchev–Trinajstić information content (AvgIpc) is 2.61. The lowest BCUT2D eigenvalue weighted by Gasteiger charge is -2.22. The van der Waals surface area contributed by atoms with Crippen molar-refractivity contribution in [3.63, 3.8) is 0 Å². The van der Waals surface area contributed by atoms with E-state index in [0.717, 1.165) is 5.56 Å². The van der Waals surface area contributed by atoms with Crippen LogP contribution in [0.4, 0.5) is 0 Å². The molecule has 0 heterocycles. The highest BCUT2D eigenvalue weighted by Crippen LogP contribution is 2.38. The molecule has 0 aliphatic heterocycles. The fourth-order valence-corrected chi connectivity index (χ4v) is 4.01. The Balaban J connectivity index is 2.43. The van der Waals surface area contributed by atoms with Gasteiger partial charge < -0.3 is 0 Å². The molecule has 4 heteroatoms. The van der Waals surface area contributed by atoms with Crippen LogP contribution in [-0.2, 0) is 14.6 Å². The van der Waals surface area contributed by atoms with E-state index in [4.69, 9.17) is 0 Å². The lowest BCUT2D eigenvalue weighted by molar-refractivity contribution is -0.117. The van der Waals surface area contributed by atoms with Crippen LogP contribution in [0.1, 0.15) is 31.7 Å². The summed E-state index contributed by atoms with van der Waals surface area (Å²) < 4.78 is 24.0. The number of rotatable bonds is 2. The predicted molar refractivity (Wildman–Crippen MR) is 65.6 cm³/mol. The highest BCUT2D eigenvalue weighted by molar-refractivity contribution is 7.92. The van der Waals surface area contributed by atoms with E-state index < -0.39 is 14.6 Å². The molecule has 1 atom stereocenters. The number of sulfone groups is 1. The van der Waals surface area contributed by atoms with Crippen molar-refractivity contribution in [1.82, 2.24) is 0 Å². The summed E-state index contributed by atoms with van der Waals surface area (Å²) in [6, 6.07) is 6.82. The van der Waals surface area contributed by atoms with Gasteiger partial charge in [0.2, 0.25) is 0 Å². The van der Waals surface area contributed by atoms with E-state index in [1.807, 2.05) is 6.92 Å². The van der Waals surface area contributed by atoms with Gasteiger partial charge in [-0.3, -0.25) is 4.79 Å². The van der Waals surface area contributed by atoms with Crippen LogP contribution < -0.4 is 0 Å². The topological polar surface area (TPSA) is 51.2 Å². The van der Waals surface area contributed by atoms with Crippen LogP contribution in [0.5, 0.6) is 0 Å². The van der Waals surface area contributed by atoms with Gasteiger partial charge in [0.25, 0.3) is 0 Å². The van der Waals surface area contributed by atoms with E-state index in [1.165, 1.54) is 0 Å². The van der Waals surface area contributed by atoms with Crippen LogP contribution in [-0.4, -0.2) is 18.9 Å². The van der Waals surface area contributed by atoms with Crippen molar-refractivity contribution in [3.05, 3.63) is 29.8 Å². The van der Waals surface area contributed by atoms with Crippen LogP contribution in [0, 0.1) is 6.92 Å². The maximum atomic E-state index is 12.5. The molecule has 0 N–H and O–H groups in total. The Bertz CT molecular complexity index is 543. The normalized spacial score (nSPS) is 25.2. The van der Waals surface area contributed by atoms with Gasteiger partial charge in [-0.05, 0) is 32.4 Å². The molecule has 0 radical (unpaired) electrons. The van der Waals surface area contributed by atoms with E-state index in [9.17, 15) is 13.2 Å². The molecule has 0 spiro atoms. The number of ketones is 1. The molecule has 0 bridgehead atoms. The molecule has 1 aliphatic rings. The van der Waals surface area contributed by atoms with E-state index in [2.05, 4.69) is 0 Å². The van der Waals surface area contributed by atoms with E-state index in [-0.39, 0.29) is 12.2 Å². The van der Waals surface area contributed by atoms with Crippen LogP contribution in [0.3, 0.4) is 0 Å². The molecule has 1 aliphatic carbocycles. The molecule has 1 aromatic rings. The first-order valence-corrected chi connectivity index (χ1v) is 7.16. The Kier molecular flexibility index (Phi) is 2.86. The van der Waals surface area contributed by atoms with Crippen LogP contribution in [0.15, 0.2) is 29.2 Å². The van der Waals surface area contributed by atoms with Gasteiger partial charge in [0.1, 0.15) is 5.78 Å². The average molecular weight is 252 g/mol. The van der Waals surface area contributed by atoms with Gasteiger partial charge in [0, 0.05) is 12.8 Å². The van der Waals surface area contributed by atoms with Crippen molar-refractivity contribution in [3.8, 4) is 0 Å². The number of benzene rings is 1. The van der Waals surface area contributed by atoms with Crippen LogP contribution in [0.25, 0.3) is 0 Å². The summed E-state index contributed by atoms with van der Waals surface area (Å²) in [5.74, 6) is 0.0446. The van der Waals surface area contributed by atoms with Crippen molar-refractivity contribution < 1.29 is 13.2 Å². The fourth-order valence-electron chi connectivity index (χ4n) is 2.23. The lowest BCUT2D eigenvalue weighted by Crippen LogP contribution is -2.32. The molecule has 2 rings (SSSR count). The van der Waals surface area contributed by atoms with Crippen molar-refractivity contribution in [1.29, 1.82) is 0 Å². The largest absolute Gasteiger partial charge is 0.300 e. The molecule has 92 valence electrons. The zero-order valence-corrected chi connectivity index (χ0v) is 10.9. The first kappa shape index (κ1) is 12.3. The molecular formula is C13H16O3S. The molecule has 0 saturated heterocycles. The second-order valence-corrected chi connectivity index (χ2v) is 7.45. The van der Waals surface area contributed by atoms with Gasteiger partial charge in [0.05, 0.1) is 9.64 Å². The summed E-state index contributed by atoms with van der Waals surface area (Å²) in [6.07, 6.45) is 0.951. The standard InChI is InChI=1S/C13H16O3S/c1-10-3-5-12(6-4-10)17(15,16)13(2)8-7-11(14)9-13/h3-6H,7-9H2,1-2H3. The zero-order valence-electron chi connectivity index (χ0n) is 10.1. The Morgan fingerprint density at radius 3 is 2.24 bits per heavy atom. The van der Waals surface area contributed by atoms with Crippen LogP contribution in [0.2, 0.25) is 0 Å². The van der Waals surface area contributed by atoms with Gasteiger partial charge in [-0.2, -0.15) is 0 Å². The maximum Gasteiger partial charge on any atom is 0.184 e. The molecule has 0 aromatic heterocycles. The van der Waals surface area contributed by atoms with E-state index in [1.54, 1.807) is 31.2 Å². The quantitative estimate of drug-likeness (QED) is 0.811. The monoisotopic (exact) mass is 252 g/mol. The van der Waals surface area contributed by atoms with Crippen LogP contribution >= 0.6 is 0 Å². The number of Topliss-reactive ketones (excluding diaryl/α,β-unsaturated/α-hetero) is 1. The summed E-state index contributed by atoms with van der Waals surface area (Å²) in [4.78, 5) is 11.6. The number of aryl methyl sites for hydroxylation is 1. The van der Waals surface area contributed by atoms with Crippen molar-refractivity contribution >= 4 is 15.6 Å². The highest BCUT2D eigenvalue weighted by atomic mass is 32.2. The number of carbonyl (C=O) groups excluding carboxylic acids is 1. The van der Waals surface area contributed by atoms with Gasteiger partial charge in [0.15, 0.2) is 9.84 Å². The second-order valence-electron chi connectivity index (χ2n) is 4.98. The zero-order chi connectivity index (χ0) is 12.7. The third-order valence-corrected chi connectivity index (χ3v) is 6.02. The SMILES string of the molecule is Cc1ccc(S(=O)(=O)C2(C)CCC(=O)C2)cc1. The van der Waals surface area contributed by atoms with Crippen molar-refractivity contribution in [2.45, 2.75) is 42.8 Å². The minimum atomic E-state index is -3.41. The number of hydrogen-bond donors (Lipinski definition) is 0. The molecular weight excluding hydrogens is 236 g/mol. The molecule has 17 heavy (non-hydrogen) atoms. The fraction of sp³-hybridized carbons (Fsp3) is 0.462. The summed E-state index contributed by atoms with van der Waals surface area (Å²) in [6.45, 7) is 3.59. The number of carbonyl (C=O) groups is 1. The Hall–Kier alpha value is -1.16. The second kappa shape index (κ2) is 3.95. The molecule has 1 unspecified atom stereocenters. The predicted octanol–water partition coefficient (Wildman–Crippen LogP) is 2.28. The minimum absolute atomic E-state index is 0.0446. The lowest BCUT2D eigenvalue weighted by atomic mass is 10.1. The van der Waals surface area contributed by atoms with Gasteiger partial charge in [-0.1, -0.05) is 17.7 Å². The molecule has 1 fully saturated rings. The molecule has 1 saturated carbocycles. The summed E-state index contributed by atoms with van der Waals surface area (Å²) in [7, 11) is -3.41. The first-order valence-electron chi connectivity index (χ1n) is 5.68. The van der Waals surface area contributed by atoms with Crippen molar-refractivity contribution in [2.24, 2.45) is 0 Å². The summed E-state index contributed by atoms with van der Waals surface area (Å²) in [5, 5.41) is 0. The van der Waals surface area contributed by atoms with Gasteiger partial charge >= 0.3 is 0 Å². The Morgan fingerprint density at radius 1 is 1.18 bits per heavy atom. The molecule has 3 nitrogen and oxygen atoms in total. The number of hydrogen-bond acceptors (Lipinski definition) is 3. The smallest absolute Gasteiger partial charge is 0.184 e. The van der Waals surface area contributed by atoms with Gasteiger partial charge in [-0.25, -0.2) is 8.42 Å². The maximum absolute atomic E-state index is 12.5. The van der Waals surface area contributed by atoms with E-state index >= 15 is 0 Å². The van der Waals surface area contributed by atoms with E-state index in [0.29, 0.717) is 17.7 Å². The molecule has 1 aromatic carbocycles. The first-order chi connectivity index (χ1) is 7.85. The third kappa shape index (κ3) is 2.02. The molecule has 0 amide bonds. The highest BCUT2D eigenvalue weighted by Gasteiger charge is 2.45. The van der Waals surface area contributed by atoms with Crippen molar-refractivity contribution in [2.75, 3.05) is 0 Å². The summed E-state index contributed by atoms with van der Waals surface area (Å²) in [5.41, 5.74) is 1.02. The third-order valence-electron chi connectivity index (χ3n) is 3.48. The van der Waals surface area contributed by atoms with Gasteiger partial charge in [-0.15, -0.1) is 0 Å². The Morgan fingerprint density at radius 2 is 1.76 bits per heavy atom. The minimum Gasteiger partial charge on any atom is -0.300 e.